The van der Waals surface area contributed by atoms with E-state index in [9.17, 15) is 30.2 Å². The molecule has 1 aromatic rings. The molecule has 9 heteroatoms. The van der Waals surface area contributed by atoms with Crippen molar-refractivity contribution in [1.29, 1.82) is 0 Å². The number of nitrogens with zero attached hydrogens (tertiary/aromatic N) is 1. The number of fused-ring (bicyclic) bond motifs is 5. The molecule has 5 rings (SSSR count). The quantitative estimate of drug-likeness (QED) is 0.215. The lowest BCUT2D eigenvalue weighted by atomic mass is 9.43. The predicted octanol–water partition coefficient (Wildman–Crippen LogP) is 4.71. The summed E-state index contributed by atoms with van der Waals surface area (Å²) in [5, 5.41) is 44.1. The molecule has 0 spiro atoms. The largest absolute Gasteiger partial charge is 0.513 e. The summed E-state index contributed by atoms with van der Waals surface area (Å²) in [6, 6.07) is 5.24. The second-order valence-corrected chi connectivity index (χ2v) is 12.9. The zero-order chi connectivity index (χ0) is 27.4. The van der Waals surface area contributed by atoms with Crippen molar-refractivity contribution < 1.29 is 34.5 Å². The Morgan fingerprint density at radius 2 is 1.79 bits per heavy atom. The number of carbonyl (C=O) groups excluding carboxylic acids is 1. The van der Waals surface area contributed by atoms with Crippen molar-refractivity contribution in [3.8, 4) is 5.75 Å². The number of nitro benzene ring substituents is 1. The molecule has 4 aliphatic rings. The Balaban J connectivity index is 1.25. The number of rotatable bonds is 5. The summed E-state index contributed by atoms with van der Waals surface area (Å²) < 4.78 is 10.6. The van der Waals surface area contributed by atoms with Crippen LogP contribution >= 0.6 is 0 Å². The normalized spacial score (nSPS) is 42.8. The van der Waals surface area contributed by atoms with E-state index in [1.54, 1.807) is 0 Å². The maximum Gasteiger partial charge on any atom is 0.513 e. The van der Waals surface area contributed by atoms with Gasteiger partial charge in [0.2, 0.25) is 0 Å². The molecule has 4 aliphatic carbocycles. The first-order valence-electron chi connectivity index (χ1n) is 14.1. The number of hydrogen-bond acceptors (Lipinski definition) is 8. The average molecular weight is 532 g/mol. The molecule has 0 saturated heterocycles. The highest BCUT2D eigenvalue weighted by atomic mass is 16.7. The highest BCUT2D eigenvalue weighted by Gasteiger charge is 2.65. The van der Waals surface area contributed by atoms with Crippen LogP contribution in [0.2, 0.25) is 0 Å². The molecular formula is C29H41NO8. The van der Waals surface area contributed by atoms with Gasteiger partial charge in [-0.25, -0.2) is 4.79 Å². The molecule has 0 amide bonds. The van der Waals surface area contributed by atoms with E-state index in [1.165, 1.54) is 24.3 Å². The lowest BCUT2D eigenvalue weighted by Crippen LogP contribution is -2.62. The highest BCUT2D eigenvalue weighted by Crippen LogP contribution is 2.68. The van der Waals surface area contributed by atoms with Crippen LogP contribution < -0.4 is 4.74 Å². The minimum atomic E-state index is -0.865. The van der Waals surface area contributed by atoms with Crippen LogP contribution in [0.3, 0.4) is 0 Å². The van der Waals surface area contributed by atoms with Gasteiger partial charge >= 0.3 is 6.16 Å². The monoisotopic (exact) mass is 531 g/mol. The van der Waals surface area contributed by atoms with E-state index < -0.39 is 23.3 Å². The van der Waals surface area contributed by atoms with E-state index in [4.69, 9.17) is 9.47 Å². The van der Waals surface area contributed by atoms with Crippen molar-refractivity contribution in [1.82, 2.24) is 0 Å². The molecule has 0 aliphatic heterocycles. The Bertz CT molecular complexity index is 1050. The van der Waals surface area contributed by atoms with Gasteiger partial charge in [-0.1, -0.05) is 20.8 Å². The molecule has 3 N–H and O–H groups in total. The van der Waals surface area contributed by atoms with Crippen LogP contribution in [0.25, 0.3) is 0 Å². The van der Waals surface area contributed by atoms with Crippen molar-refractivity contribution in [2.45, 2.75) is 84.0 Å². The summed E-state index contributed by atoms with van der Waals surface area (Å²) in [6.45, 7) is 6.66. The van der Waals surface area contributed by atoms with E-state index in [0.717, 1.165) is 38.5 Å². The molecule has 0 radical (unpaired) electrons. The molecule has 11 atom stereocenters. The average Bonchev–Trinajstić information content (AvgIpc) is 3.23. The third-order valence-corrected chi connectivity index (χ3v) is 11.2. The number of aliphatic hydroxyl groups excluding tert-OH is 3. The topological polar surface area (TPSA) is 139 Å². The van der Waals surface area contributed by atoms with Gasteiger partial charge < -0.3 is 24.8 Å². The van der Waals surface area contributed by atoms with E-state index >= 15 is 0 Å². The van der Waals surface area contributed by atoms with E-state index in [-0.39, 0.29) is 70.5 Å². The summed E-state index contributed by atoms with van der Waals surface area (Å²) in [5.74, 6) is 1.11. The van der Waals surface area contributed by atoms with Gasteiger partial charge in [-0.15, -0.1) is 0 Å². The summed E-state index contributed by atoms with van der Waals surface area (Å²) >= 11 is 0. The zero-order valence-corrected chi connectivity index (χ0v) is 22.5. The Kier molecular flexibility index (Phi) is 7.24. The molecule has 4 fully saturated rings. The molecule has 0 bridgehead atoms. The third kappa shape index (κ3) is 4.50. The molecule has 1 aromatic carbocycles. The predicted molar refractivity (Wildman–Crippen MR) is 138 cm³/mol. The lowest BCUT2D eigenvalue weighted by Gasteiger charge is -2.63. The fraction of sp³-hybridized carbons (Fsp3) is 0.759. The minimum absolute atomic E-state index is 0.0190. The van der Waals surface area contributed by atoms with Gasteiger partial charge in [0.25, 0.3) is 5.69 Å². The Labute approximate surface area is 223 Å². The number of nitro groups is 1. The summed E-state index contributed by atoms with van der Waals surface area (Å²) in [5.41, 5.74) is -0.449. The second-order valence-electron chi connectivity index (χ2n) is 12.9. The number of benzene rings is 1. The smallest absolute Gasteiger partial charge is 0.434 e. The van der Waals surface area contributed by atoms with E-state index in [1.807, 2.05) is 6.92 Å². The van der Waals surface area contributed by atoms with E-state index in [2.05, 4.69) is 13.8 Å². The van der Waals surface area contributed by atoms with Gasteiger partial charge in [-0.2, -0.15) is 0 Å². The van der Waals surface area contributed by atoms with Gasteiger partial charge in [0.1, 0.15) is 5.75 Å². The molecule has 9 nitrogen and oxygen atoms in total. The van der Waals surface area contributed by atoms with Crippen LogP contribution in [0.1, 0.15) is 65.7 Å². The van der Waals surface area contributed by atoms with Crippen LogP contribution in [-0.4, -0.2) is 51.3 Å². The number of aliphatic hydroxyl groups is 3. The highest BCUT2D eigenvalue weighted by molar-refractivity contribution is 5.64. The first-order chi connectivity index (χ1) is 17.9. The maximum absolute atomic E-state index is 12.3. The fourth-order valence-corrected chi connectivity index (χ4v) is 9.21. The summed E-state index contributed by atoms with van der Waals surface area (Å²) in [4.78, 5) is 22.6. The Hall–Kier alpha value is -2.23. The van der Waals surface area contributed by atoms with Crippen LogP contribution in [0.5, 0.6) is 5.75 Å². The van der Waals surface area contributed by atoms with Crippen molar-refractivity contribution in [3.05, 3.63) is 34.4 Å². The molecule has 210 valence electrons. The van der Waals surface area contributed by atoms with Crippen LogP contribution in [-0.2, 0) is 4.74 Å². The van der Waals surface area contributed by atoms with Gasteiger partial charge in [0, 0.05) is 12.1 Å². The molecule has 38 heavy (non-hydrogen) atoms. The summed E-state index contributed by atoms with van der Waals surface area (Å²) in [7, 11) is 0. The lowest BCUT2D eigenvalue weighted by molar-refractivity contribution is -0.384. The molecule has 0 heterocycles. The van der Waals surface area contributed by atoms with Gasteiger partial charge in [0.05, 0.1) is 29.8 Å². The number of ether oxygens (including phenoxy) is 2. The Morgan fingerprint density at radius 3 is 2.47 bits per heavy atom. The number of non-ortho nitro benzene ring substituents is 1. The van der Waals surface area contributed by atoms with Gasteiger partial charge in [-0.3, -0.25) is 10.1 Å². The number of hydrogen-bond donors (Lipinski definition) is 3. The van der Waals surface area contributed by atoms with Crippen molar-refractivity contribution in [2.75, 3.05) is 6.61 Å². The fourth-order valence-electron chi connectivity index (χ4n) is 9.21. The first kappa shape index (κ1) is 27.3. The molecule has 4 saturated carbocycles. The Morgan fingerprint density at radius 1 is 1.08 bits per heavy atom. The molecule has 4 unspecified atom stereocenters. The van der Waals surface area contributed by atoms with Crippen molar-refractivity contribution in [2.24, 2.45) is 46.3 Å². The number of carbonyl (C=O) groups is 1. The minimum Gasteiger partial charge on any atom is -0.434 e. The van der Waals surface area contributed by atoms with Crippen molar-refractivity contribution >= 4 is 11.8 Å². The summed E-state index contributed by atoms with van der Waals surface area (Å²) in [6.07, 6.45) is 3.57. The second kappa shape index (κ2) is 10.1. The maximum atomic E-state index is 12.3. The third-order valence-electron chi connectivity index (χ3n) is 11.2. The van der Waals surface area contributed by atoms with Gasteiger partial charge in [0.15, 0.2) is 0 Å². The van der Waals surface area contributed by atoms with Crippen LogP contribution in [0, 0.1) is 56.5 Å². The SMILES string of the molecule is C[C@H](COC(=O)Oc1ccc([N+](=O)[O-])cc1)[C@H]1CCC2C3C(C[C@H](O)[C@@]21C)[C@@]1(C)CC[C@@H](O)CC1C[C@H]3O. The van der Waals surface area contributed by atoms with Crippen LogP contribution in [0.15, 0.2) is 24.3 Å². The first-order valence-corrected chi connectivity index (χ1v) is 14.1. The zero-order valence-electron chi connectivity index (χ0n) is 22.5. The van der Waals surface area contributed by atoms with Crippen LogP contribution in [0.4, 0.5) is 10.5 Å². The molecule has 0 aromatic heterocycles. The van der Waals surface area contributed by atoms with Gasteiger partial charge in [-0.05, 0) is 103 Å². The van der Waals surface area contributed by atoms with E-state index in [0.29, 0.717) is 6.42 Å². The standard InChI is InChI=1S/C29H41NO8/c1-16(15-37-27(34)38-20-6-4-18(5-7-20)30(35)36)21-8-9-22-26-23(14-25(33)29(21,22)3)28(2)11-10-19(31)12-17(28)13-24(26)32/h4-7,16-17,19,21-26,31-33H,8-15H2,1-3H3/t16-,17?,19-,21-,22?,23?,24-,25+,26?,28+,29-/m1/s1. The molecular weight excluding hydrogens is 490 g/mol. The van der Waals surface area contributed by atoms with Crippen molar-refractivity contribution in [3.63, 3.8) is 0 Å².